The highest BCUT2D eigenvalue weighted by molar-refractivity contribution is 6.42. The molecule has 0 saturated carbocycles. The Kier molecular flexibility index (Phi) is 4.96. The standard InChI is InChI=1S/C21H14Cl2N4O2/c22-15-7-6-14(10-16(15)23)25-21(29)12-3-1-11(2-4-12)20-26-17-8-5-13(19(24)28)9-18(17)27-20/h1-10H,(H2,24,28)(H,25,29)(H,26,27). The molecule has 144 valence electrons. The van der Waals surface area contributed by atoms with Crippen molar-refractivity contribution in [3.63, 3.8) is 0 Å². The van der Waals surface area contributed by atoms with Crippen molar-refractivity contribution in [1.82, 2.24) is 9.97 Å². The molecule has 0 bridgehead atoms. The third kappa shape index (κ3) is 3.94. The summed E-state index contributed by atoms with van der Waals surface area (Å²) in [6, 6.07) is 16.9. The van der Waals surface area contributed by atoms with Crippen LogP contribution in [0.25, 0.3) is 22.4 Å². The Balaban J connectivity index is 1.55. The van der Waals surface area contributed by atoms with Crippen LogP contribution in [0.4, 0.5) is 5.69 Å². The van der Waals surface area contributed by atoms with Crippen molar-refractivity contribution in [2.45, 2.75) is 0 Å². The van der Waals surface area contributed by atoms with Crippen molar-refractivity contribution >= 4 is 51.7 Å². The predicted octanol–water partition coefficient (Wildman–Crippen LogP) is 4.89. The first-order chi connectivity index (χ1) is 13.9. The van der Waals surface area contributed by atoms with E-state index in [1.54, 1.807) is 60.7 Å². The lowest BCUT2D eigenvalue weighted by Crippen LogP contribution is -2.11. The molecule has 0 fully saturated rings. The maximum Gasteiger partial charge on any atom is 0.255 e. The maximum absolute atomic E-state index is 12.4. The maximum atomic E-state index is 12.4. The molecular weight excluding hydrogens is 411 g/mol. The smallest absolute Gasteiger partial charge is 0.255 e. The highest BCUT2D eigenvalue weighted by atomic mass is 35.5. The van der Waals surface area contributed by atoms with E-state index in [0.29, 0.717) is 43.7 Å². The topological polar surface area (TPSA) is 101 Å². The molecular formula is C21H14Cl2N4O2. The number of rotatable bonds is 4. The Labute approximate surface area is 175 Å². The molecule has 1 heterocycles. The van der Waals surface area contributed by atoms with Crippen LogP contribution < -0.4 is 11.1 Å². The molecule has 0 atom stereocenters. The van der Waals surface area contributed by atoms with Crippen LogP contribution in [0.3, 0.4) is 0 Å². The number of carbonyl (C=O) groups is 2. The van der Waals surface area contributed by atoms with Gasteiger partial charge >= 0.3 is 0 Å². The summed E-state index contributed by atoms with van der Waals surface area (Å²) in [7, 11) is 0. The van der Waals surface area contributed by atoms with E-state index >= 15 is 0 Å². The fourth-order valence-corrected chi connectivity index (χ4v) is 3.15. The molecule has 0 aliphatic carbocycles. The molecule has 8 heteroatoms. The molecule has 1 aromatic heterocycles. The number of H-pyrrole nitrogens is 1. The molecule has 6 nitrogen and oxygen atoms in total. The minimum Gasteiger partial charge on any atom is -0.366 e. The molecule has 29 heavy (non-hydrogen) atoms. The van der Waals surface area contributed by atoms with Crippen molar-refractivity contribution in [2.24, 2.45) is 5.73 Å². The Morgan fingerprint density at radius 2 is 1.62 bits per heavy atom. The number of benzene rings is 3. The molecule has 4 rings (SSSR count). The summed E-state index contributed by atoms with van der Waals surface area (Å²) in [6.07, 6.45) is 0. The molecule has 0 saturated heterocycles. The lowest BCUT2D eigenvalue weighted by molar-refractivity contribution is 0.0997. The highest BCUT2D eigenvalue weighted by Gasteiger charge is 2.11. The van der Waals surface area contributed by atoms with Crippen LogP contribution in [-0.4, -0.2) is 21.8 Å². The minimum absolute atomic E-state index is 0.273. The van der Waals surface area contributed by atoms with Crippen LogP contribution in [0.2, 0.25) is 10.0 Å². The number of nitrogens with zero attached hydrogens (tertiary/aromatic N) is 1. The van der Waals surface area contributed by atoms with Crippen molar-refractivity contribution in [3.05, 3.63) is 81.8 Å². The van der Waals surface area contributed by atoms with Gasteiger partial charge in [0.2, 0.25) is 5.91 Å². The first-order valence-electron chi connectivity index (χ1n) is 8.57. The summed E-state index contributed by atoms with van der Waals surface area (Å²) in [6.45, 7) is 0. The molecule has 0 unspecified atom stereocenters. The van der Waals surface area contributed by atoms with Gasteiger partial charge in [0.05, 0.1) is 21.1 Å². The third-order valence-corrected chi connectivity index (χ3v) is 5.10. The van der Waals surface area contributed by atoms with Gasteiger partial charge in [0.1, 0.15) is 5.82 Å². The Bertz CT molecular complexity index is 1250. The quantitative estimate of drug-likeness (QED) is 0.434. The number of halogens is 2. The van der Waals surface area contributed by atoms with Crippen molar-refractivity contribution in [1.29, 1.82) is 0 Å². The first-order valence-corrected chi connectivity index (χ1v) is 9.33. The SMILES string of the molecule is NC(=O)c1ccc2nc(-c3ccc(C(=O)Nc4ccc(Cl)c(Cl)c4)cc3)[nH]c2c1. The van der Waals surface area contributed by atoms with Gasteiger partial charge < -0.3 is 16.0 Å². The first kappa shape index (κ1) is 19.0. The van der Waals surface area contributed by atoms with Gasteiger partial charge in [-0.05, 0) is 48.5 Å². The summed E-state index contributed by atoms with van der Waals surface area (Å²) in [5.74, 6) is -0.149. The molecule has 0 spiro atoms. The van der Waals surface area contributed by atoms with Crippen molar-refractivity contribution in [2.75, 3.05) is 5.32 Å². The number of nitrogens with two attached hydrogens (primary N) is 1. The number of imidazole rings is 1. The number of primary amides is 1. The summed E-state index contributed by atoms with van der Waals surface area (Å²) >= 11 is 11.9. The zero-order valence-electron chi connectivity index (χ0n) is 14.9. The second-order valence-corrected chi connectivity index (χ2v) is 7.16. The van der Waals surface area contributed by atoms with Gasteiger partial charge in [-0.3, -0.25) is 9.59 Å². The molecule has 4 N–H and O–H groups in total. The number of amides is 2. The van der Waals surface area contributed by atoms with Gasteiger partial charge in [-0.2, -0.15) is 0 Å². The van der Waals surface area contributed by atoms with Gasteiger partial charge in [-0.1, -0.05) is 35.3 Å². The highest BCUT2D eigenvalue weighted by Crippen LogP contribution is 2.26. The lowest BCUT2D eigenvalue weighted by atomic mass is 10.1. The number of hydrogen-bond donors (Lipinski definition) is 3. The fraction of sp³-hybridized carbons (Fsp3) is 0. The Hall–Kier alpha value is -3.35. The van der Waals surface area contributed by atoms with E-state index in [1.165, 1.54) is 0 Å². The third-order valence-electron chi connectivity index (χ3n) is 4.36. The monoisotopic (exact) mass is 424 g/mol. The van der Waals surface area contributed by atoms with Gasteiger partial charge in [-0.15, -0.1) is 0 Å². The van der Waals surface area contributed by atoms with Crippen LogP contribution in [0.1, 0.15) is 20.7 Å². The second-order valence-electron chi connectivity index (χ2n) is 6.34. The minimum atomic E-state index is -0.500. The second kappa shape index (κ2) is 7.58. The zero-order chi connectivity index (χ0) is 20.5. The number of anilines is 1. The number of aromatic amines is 1. The summed E-state index contributed by atoms with van der Waals surface area (Å²) < 4.78 is 0. The van der Waals surface area contributed by atoms with E-state index in [4.69, 9.17) is 28.9 Å². The number of aromatic nitrogens is 2. The average molecular weight is 425 g/mol. The zero-order valence-corrected chi connectivity index (χ0v) is 16.4. The van der Waals surface area contributed by atoms with E-state index in [1.807, 2.05) is 0 Å². The summed E-state index contributed by atoms with van der Waals surface area (Å²) in [4.78, 5) is 31.4. The molecule has 0 aliphatic heterocycles. The van der Waals surface area contributed by atoms with Gasteiger partial charge in [0.25, 0.3) is 5.91 Å². The van der Waals surface area contributed by atoms with Crippen LogP contribution in [0.15, 0.2) is 60.7 Å². The normalized spacial score (nSPS) is 10.8. The van der Waals surface area contributed by atoms with E-state index in [2.05, 4.69) is 15.3 Å². The van der Waals surface area contributed by atoms with Crippen molar-refractivity contribution < 1.29 is 9.59 Å². The summed E-state index contributed by atoms with van der Waals surface area (Å²) in [5.41, 5.74) is 8.97. The number of nitrogens with one attached hydrogen (secondary N) is 2. The van der Waals surface area contributed by atoms with E-state index in [9.17, 15) is 9.59 Å². The van der Waals surface area contributed by atoms with E-state index in [0.717, 1.165) is 5.56 Å². The molecule has 0 aliphatic rings. The number of fused-ring (bicyclic) bond motifs is 1. The van der Waals surface area contributed by atoms with Gasteiger partial charge in [0.15, 0.2) is 0 Å². The molecule has 4 aromatic rings. The van der Waals surface area contributed by atoms with Crippen molar-refractivity contribution in [3.8, 4) is 11.4 Å². The lowest BCUT2D eigenvalue weighted by Gasteiger charge is -2.07. The largest absolute Gasteiger partial charge is 0.366 e. The van der Waals surface area contributed by atoms with Gasteiger partial charge in [0, 0.05) is 22.4 Å². The molecule has 3 aromatic carbocycles. The summed E-state index contributed by atoms with van der Waals surface area (Å²) in [5, 5.41) is 3.56. The van der Waals surface area contributed by atoms with E-state index in [-0.39, 0.29) is 5.91 Å². The van der Waals surface area contributed by atoms with Crippen LogP contribution >= 0.6 is 23.2 Å². The van der Waals surface area contributed by atoms with Crippen LogP contribution in [0.5, 0.6) is 0 Å². The number of carbonyl (C=O) groups excluding carboxylic acids is 2. The van der Waals surface area contributed by atoms with Crippen LogP contribution in [0, 0.1) is 0 Å². The fourth-order valence-electron chi connectivity index (χ4n) is 2.86. The Morgan fingerprint density at radius 3 is 2.31 bits per heavy atom. The van der Waals surface area contributed by atoms with Gasteiger partial charge in [-0.25, -0.2) is 4.98 Å². The molecule has 0 radical (unpaired) electrons. The average Bonchev–Trinajstić information content (AvgIpc) is 3.14. The van der Waals surface area contributed by atoms with Crippen LogP contribution in [-0.2, 0) is 0 Å². The molecule has 2 amide bonds. The van der Waals surface area contributed by atoms with E-state index < -0.39 is 5.91 Å². The Morgan fingerprint density at radius 1 is 0.897 bits per heavy atom. The number of hydrogen-bond acceptors (Lipinski definition) is 3. The predicted molar refractivity (Wildman–Crippen MR) is 114 cm³/mol.